The first kappa shape index (κ1) is 17.7. The van der Waals surface area contributed by atoms with Crippen LogP contribution in [0.15, 0.2) is 30.3 Å². The third-order valence-electron chi connectivity index (χ3n) is 4.96. The van der Waals surface area contributed by atoms with Gasteiger partial charge in [0.1, 0.15) is 0 Å². The summed E-state index contributed by atoms with van der Waals surface area (Å²) in [7, 11) is 1.88. The van der Waals surface area contributed by atoms with E-state index in [4.69, 9.17) is 4.74 Å². The lowest BCUT2D eigenvalue weighted by Gasteiger charge is -2.17. The lowest BCUT2D eigenvalue weighted by atomic mass is 10.1. The quantitative estimate of drug-likeness (QED) is 0.759. The Morgan fingerprint density at radius 1 is 1.28 bits per heavy atom. The molecule has 1 aromatic heterocycles. The van der Waals surface area contributed by atoms with Crippen LogP contribution in [0.4, 0.5) is 0 Å². The van der Waals surface area contributed by atoms with Gasteiger partial charge < -0.3 is 9.64 Å². The molecule has 1 atom stereocenters. The number of hydrogen-bond donors (Lipinski definition) is 0. The fraction of sp³-hybridized carbons (Fsp3) is 0.500. The molecule has 0 saturated carbocycles. The number of carbonyl (C=O) groups excluding carboxylic acids is 1. The van der Waals surface area contributed by atoms with E-state index in [-0.39, 0.29) is 12.0 Å². The number of hydrogen-bond acceptors (Lipinski definition) is 3. The van der Waals surface area contributed by atoms with Gasteiger partial charge in [-0.2, -0.15) is 5.10 Å². The van der Waals surface area contributed by atoms with Crippen molar-refractivity contribution in [2.45, 2.75) is 39.2 Å². The van der Waals surface area contributed by atoms with Gasteiger partial charge in [0.05, 0.1) is 17.4 Å². The highest BCUT2D eigenvalue weighted by Crippen LogP contribution is 2.20. The Morgan fingerprint density at radius 2 is 2.04 bits per heavy atom. The summed E-state index contributed by atoms with van der Waals surface area (Å²) in [6, 6.07) is 10.5. The summed E-state index contributed by atoms with van der Waals surface area (Å²) in [5.74, 6) is 0.0819. The molecule has 0 unspecified atom stereocenters. The second-order valence-corrected chi connectivity index (χ2v) is 6.79. The van der Waals surface area contributed by atoms with Crippen LogP contribution in [0.1, 0.15) is 40.2 Å². The molecule has 1 amide bonds. The van der Waals surface area contributed by atoms with E-state index in [2.05, 4.69) is 29.4 Å². The van der Waals surface area contributed by atoms with Crippen LogP contribution >= 0.6 is 0 Å². The largest absolute Gasteiger partial charge is 0.376 e. The molecule has 1 saturated heterocycles. The van der Waals surface area contributed by atoms with E-state index < -0.39 is 0 Å². The van der Waals surface area contributed by atoms with Crippen LogP contribution in [-0.2, 0) is 18.2 Å². The zero-order chi connectivity index (χ0) is 17.8. The third kappa shape index (κ3) is 4.10. The minimum atomic E-state index is 0.0819. The van der Waals surface area contributed by atoms with E-state index in [0.29, 0.717) is 6.54 Å². The van der Waals surface area contributed by atoms with Crippen molar-refractivity contribution in [1.82, 2.24) is 14.7 Å². The molecule has 2 heterocycles. The Labute approximate surface area is 149 Å². The average Bonchev–Trinajstić information content (AvgIpc) is 3.17. The zero-order valence-electron chi connectivity index (χ0n) is 15.4. The predicted octanol–water partition coefficient (Wildman–Crippen LogP) is 2.90. The Balaban J connectivity index is 1.46. The number of ether oxygens (including phenoxy) is 1. The van der Waals surface area contributed by atoms with E-state index >= 15 is 0 Å². The molecule has 3 rings (SSSR count). The molecule has 0 spiro atoms. The van der Waals surface area contributed by atoms with Crippen molar-refractivity contribution in [1.29, 1.82) is 0 Å². The van der Waals surface area contributed by atoms with Crippen LogP contribution in [0.5, 0.6) is 0 Å². The van der Waals surface area contributed by atoms with Crippen molar-refractivity contribution < 1.29 is 9.53 Å². The molecule has 1 aliphatic heterocycles. The minimum absolute atomic E-state index is 0.0819. The van der Waals surface area contributed by atoms with Crippen LogP contribution < -0.4 is 0 Å². The van der Waals surface area contributed by atoms with Crippen LogP contribution in [-0.4, -0.2) is 46.4 Å². The van der Waals surface area contributed by atoms with Crippen molar-refractivity contribution in [2.24, 2.45) is 7.05 Å². The van der Waals surface area contributed by atoms with E-state index in [9.17, 15) is 4.79 Å². The summed E-state index contributed by atoms with van der Waals surface area (Å²) in [5, 5.41) is 4.35. The second kappa shape index (κ2) is 7.83. The topological polar surface area (TPSA) is 47.4 Å². The molecule has 0 radical (unpaired) electrons. The lowest BCUT2D eigenvalue weighted by Crippen LogP contribution is -2.31. The van der Waals surface area contributed by atoms with Crippen LogP contribution in [0.3, 0.4) is 0 Å². The zero-order valence-corrected chi connectivity index (χ0v) is 15.4. The Morgan fingerprint density at radius 3 is 2.72 bits per heavy atom. The summed E-state index contributed by atoms with van der Waals surface area (Å²) < 4.78 is 7.77. The molecular weight excluding hydrogens is 314 g/mol. The molecule has 5 nitrogen and oxygen atoms in total. The molecule has 0 bridgehead atoms. The Bertz CT molecular complexity index is 724. The smallest absolute Gasteiger partial charge is 0.257 e. The highest BCUT2D eigenvalue weighted by Gasteiger charge is 2.30. The van der Waals surface area contributed by atoms with Crippen molar-refractivity contribution in [3.05, 3.63) is 52.8 Å². The van der Waals surface area contributed by atoms with Crippen molar-refractivity contribution >= 4 is 5.91 Å². The van der Waals surface area contributed by atoms with Crippen molar-refractivity contribution in [3.8, 4) is 0 Å². The molecule has 0 aliphatic carbocycles. The lowest BCUT2D eigenvalue weighted by molar-refractivity contribution is 0.0524. The van der Waals surface area contributed by atoms with Gasteiger partial charge in [-0.05, 0) is 38.7 Å². The normalized spacial score (nSPS) is 17.2. The maximum absolute atomic E-state index is 12.8. The van der Waals surface area contributed by atoms with Gasteiger partial charge in [-0.3, -0.25) is 9.48 Å². The number of nitrogens with zero attached hydrogens (tertiary/aromatic N) is 3. The summed E-state index contributed by atoms with van der Waals surface area (Å²) in [6.45, 7) is 6.02. The number of rotatable bonds is 6. The summed E-state index contributed by atoms with van der Waals surface area (Å²) in [4.78, 5) is 14.7. The molecule has 1 aromatic carbocycles. The number of amides is 1. The van der Waals surface area contributed by atoms with Gasteiger partial charge in [-0.25, -0.2) is 0 Å². The van der Waals surface area contributed by atoms with E-state index in [1.54, 1.807) is 4.68 Å². The standard InChI is InChI=1S/C20H27N3O2/c1-15-19(16(2)22(3)21-15)20(24)23-12-11-18(14-23)25-13-7-10-17-8-5-4-6-9-17/h4-6,8-9,18H,7,10-14H2,1-3H3/t18-/m1/s1. The van der Waals surface area contributed by atoms with Crippen LogP contribution in [0, 0.1) is 13.8 Å². The number of carbonyl (C=O) groups is 1. The van der Waals surface area contributed by atoms with Gasteiger partial charge >= 0.3 is 0 Å². The van der Waals surface area contributed by atoms with Gasteiger partial charge in [0.15, 0.2) is 0 Å². The van der Waals surface area contributed by atoms with Gasteiger partial charge in [-0.1, -0.05) is 30.3 Å². The first-order valence-electron chi connectivity index (χ1n) is 9.01. The molecule has 1 fully saturated rings. The molecule has 5 heteroatoms. The van der Waals surface area contributed by atoms with Gasteiger partial charge in [0.25, 0.3) is 5.91 Å². The number of benzene rings is 1. The van der Waals surface area contributed by atoms with Crippen molar-refractivity contribution in [2.75, 3.05) is 19.7 Å². The highest BCUT2D eigenvalue weighted by molar-refractivity contribution is 5.96. The monoisotopic (exact) mass is 341 g/mol. The number of likely N-dealkylation sites (tertiary alicyclic amines) is 1. The SMILES string of the molecule is Cc1nn(C)c(C)c1C(=O)N1CC[C@@H](OCCCc2ccccc2)C1. The molecule has 2 aromatic rings. The highest BCUT2D eigenvalue weighted by atomic mass is 16.5. The Kier molecular flexibility index (Phi) is 5.53. The second-order valence-electron chi connectivity index (χ2n) is 6.79. The molecule has 25 heavy (non-hydrogen) atoms. The number of aromatic nitrogens is 2. The van der Waals surface area contributed by atoms with E-state index in [1.165, 1.54) is 5.56 Å². The Hall–Kier alpha value is -2.14. The molecular formula is C20H27N3O2. The maximum Gasteiger partial charge on any atom is 0.257 e. The first-order chi connectivity index (χ1) is 12.1. The molecule has 1 aliphatic rings. The fourth-order valence-corrected chi connectivity index (χ4v) is 3.46. The van der Waals surface area contributed by atoms with E-state index in [1.807, 2.05) is 31.9 Å². The van der Waals surface area contributed by atoms with Crippen LogP contribution in [0.2, 0.25) is 0 Å². The fourth-order valence-electron chi connectivity index (χ4n) is 3.46. The minimum Gasteiger partial charge on any atom is -0.376 e. The molecule has 0 N–H and O–H groups in total. The third-order valence-corrected chi connectivity index (χ3v) is 4.96. The van der Waals surface area contributed by atoms with E-state index in [0.717, 1.165) is 49.4 Å². The predicted molar refractivity (Wildman–Crippen MR) is 97.7 cm³/mol. The summed E-state index contributed by atoms with van der Waals surface area (Å²) in [6.07, 6.45) is 3.10. The number of aryl methyl sites for hydroxylation is 3. The summed E-state index contributed by atoms with van der Waals surface area (Å²) in [5.41, 5.74) is 3.82. The van der Waals surface area contributed by atoms with Crippen LogP contribution in [0.25, 0.3) is 0 Å². The summed E-state index contributed by atoms with van der Waals surface area (Å²) >= 11 is 0. The van der Waals surface area contributed by atoms with Crippen molar-refractivity contribution in [3.63, 3.8) is 0 Å². The molecule has 134 valence electrons. The van der Waals surface area contributed by atoms with Gasteiger partial charge in [-0.15, -0.1) is 0 Å². The maximum atomic E-state index is 12.8. The average molecular weight is 341 g/mol. The van der Waals surface area contributed by atoms with Gasteiger partial charge in [0.2, 0.25) is 0 Å². The first-order valence-corrected chi connectivity index (χ1v) is 9.01. The van der Waals surface area contributed by atoms with Gasteiger partial charge in [0, 0.05) is 32.4 Å².